The summed E-state index contributed by atoms with van der Waals surface area (Å²) < 4.78 is 5.27. The van der Waals surface area contributed by atoms with E-state index in [1.54, 1.807) is 36.9 Å². The first-order valence-corrected chi connectivity index (χ1v) is 7.57. The van der Waals surface area contributed by atoms with E-state index in [-0.39, 0.29) is 5.91 Å². The molecule has 2 heterocycles. The molecule has 0 aliphatic carbocycles. The third kappa shape index (κ3) is 3.45. The molecular weight excluding hydrogens is 407 g/mol. The molecule has 0 aliphatic rings. The van der Waals surface area contributed by atoms with Gasteiger partial charge in [0.15, 0.2) is 28.8 Å². The van der Waals surface area contributed by atoms with Crippen LogP contribution in [0.3, 0.4) is 0 Å². The van der Waals surface area contributed by atoms with E-state index in [1.165, 1.54) is 0 Å². The summed E-state index contributed by atoms with van der Waals surface area (Å²) in [5.41, 5.74) is 4.56. The number of benzene rings is 1. The van der Waals surface area contributed by atoms with Crippen molar-refractivity contribution in [1.29, 1.82) is 0 Å². The number of hydrogen-bond donors (Lipinski definition) is 1. The van der Waals surface area contributed by atoms with Crippen molar-refractivity contribution in [2.24, 2.45) is 5.10 Å². The van der Waals surface area contributed by atoms with Crippen LogP contribution in [0.15, 0.2) is 60.1 Å². The second-order valence-corrected chi connectivity index (χ2v) is 5.01. The third-order valence-corrected chi connectivity index (χ3v) is 3.64. The molecule has 1 N–H and O–H groups in total. The van der Waals surface area contributed by atoms with Crippen molar-refractivity contribution in [3.63, 3.8) is 0 Å². The largest absolute Gasteiger partial charge is 0.425 e. The van der Waals surface area contributed by atoms with Gasteiger partial charge in [-0.3, -0.25) is 14.8 Å². The van der Waals surface area contributed by atoms with E-state index >= 15 is 0 Å². The molecule has 0 aliphatic heterocycles. The van der Waals surface area contributed by atoms with Crippen LogP contribution < -0.4 is 8.49 Å². The fraction of sp³-hybridized carbons (Fsp3) is 0. The Labute approximate surface area is 146 Å². The van der Waals surface area contributed by atoms with Gasteiger partial charge in [-0.25, -0.2) is 5.43 Å². The van der Waals surface area contributed by atoms with Gasteiger partial charge in [0.2, 0.25) is 0 Å². The molecule has 0 bridgehead atoms. The number of carbonyl (C=O) groups excluding carboxylic acids is 1. The van der Waals surface area contributed by atoms with E-state index in [0.29, 0.717) is 11.3 Å². The Bertz CT molecular complexity index is 868. The first kappa shape index (κ1) is 15.3. The highest BCUT2D eigenvalue weighted by Gasteiger charge is 2.07. The van der Waals surface area contributed by atoms with Crippen LogP contribution in [0.25, 0.3) is 10.9 Å². The average molecular weight is 418 g/mol. The van der Waals surface area contributed by atoms with E-state index in [9.17, 15) is 4.79 Å². The molecule has 3 rings (SSSR count). The molecule has 7 heteroatoms. The molecule has 1 aromatic carbocycles. The zero-order chi connectivity index (χ0) is 16.1. The second-order valence-electron chi connectivity index (χ2n) is 4.56. The Morgan fingerprint density at radius 2 is 2.00 bits per heavy atom. The van der Waals surface area contributed by atoms with Crippen molar-refractivity contribution in [1.82, 2.24) is 15.4 Å². The zero-order valence-corrected chi connectivity index (χ0v) is 14.0. The van der Waals surface area contributed by atoms with Crippen LogP contribution in [0.2, 0.25) is 0 Å². The number of hydrazone groups is 1. The molecule has 0 fully saturated rings. The minimum Gasteiger partial charge on any atom is -0.425 e. The first-order valence-electron chi connectivity index (χ1n) is 6.69. The first-order chi connectivity index (χ1) is 11.3. The number of halogens is 1. The molecule has 114 valence electrons. The number of aromatic nitrogens is 2. The van der Waals surface area contributed by atoms with Crippen molar-refractivity contribution in [3.8, 4) is 5.75 Å². The maximum atomic E-state index is 11.9. The van der Waals surface area contributed by atoms with Crippen LogP contribution in [-0.4, -0.2) is 22.1 Å². The maximum Gasteiger partial charge on any atom is 0.271 e. The lowest BCUT2D eigenvalue weighted by molar-refractivity contribution is 0.0955. The topological polar surface area (TPSA) is 76.5 Å². The smallest absolute Gasteiger partial charge is 0.271 e. The Kier molecular flexibility index (Phi) is 4.77. The van der Waals surface area contributed by atoms with E-state index in [2.05, 4.69) is 20.5 Å². The van der Waals surface area contributed by atoms with Crippen LogP contribution in [0, 0.1) is 0 Å². The van der Waals surface area contributed by atoms with Crippen molar-refractivity contribution >= 4 is 46.0 Å². The average Bonchev–Trinajstić information content (AvgIpc) is 2.62. The lowest BCUT2D eigenvalue weighted by Crippen LogP contribution is -2.17. The highest BCUT2D eigenvalue weighted by Crippen LogP contribution is 2.27. The van der Waals surface area contributed by atoms with Crippen molar-refractivity contribution in [2.45, 2.75) is 0 Å². The highest BCUT2D eigenvalue weighted by molar-refractivity contribution is 14.1. The fourth-order valence-corrected chi connectivity index (χ4v) is 2.43. The Morgan fingerprint density at radius 1 is 1.17 bits per heavy atom. The van der Waals surface area contributed by atoms with Gasteiger partial charge < -0.3 is 3.07 Å². The summed E-state index contributed by atoms with van der Waals surface area (Å²) in [6.07, 6.45) is 6.40. The molecule has 0 spiro atoms. The minimum atomic E-state index is -0.293. The summed E-state index contributed by atoms with van der Waals surface area (Å²) in [5.74, 6) is 0.387. The third-order valence-electron chi connectivity index (χ3n) is 3.16. The monoisotopic (exact) mass is 418 g/mol. The van der Waals surface area contributed by atoms with Crippen LogP contribution in [-0.2, 0) is 0 Å². The predicted octanol–water partition coefficient (Wildman–Crippen LogP) is 3.12. The van der Waals surface area contributed by atoms with Crippen molar-refractivity contribution in [3.05, 3.63) is 66.1 Å². The normalized spacial score (nSPS) is 10.8. The van der Waals surface area contributed by atoms with Gasteiger partial charge in [0.25, 0.3) is 5.91 Å². The summed E-state index contributed by atoms with van der Waals surface area (Å²) in [7, 11) is 0. The molecule has 3 aromatic rings. The number of nitrogens with one attached hydrogen (secondary N) is 1. The molecule has 6 nitrogen and oxygen atoms in total. The molecule has 0 unspecified atom stereocenters. The van der Waals surface area contributed by atoms with Crippen molar-refractivity contribution < 1.29 is 7.86 Å². The summed E-state index contributed by atoms with van der Waals surface area (Å²) in [6.45, 7) is 0. The van der Waals surface area contributed by atoms with E-state index in [4.69, 9.17) is 3.07 Å². The molecule has 0 atom stereocenters. The molecule has 0 saturated carbocycles. The van der Waals surface area contributed by atoms with Gasteiger partial charge in [-0.1, -0.05) is 6.07 Å². The molecule has 1 amide bonds. The van der Waals surface area contributed by atoms with E-state index in [0.717, 1.165) is 16.5 Å². The molecule has 2 aromatic heterocycles. The summed E-state index contributed by atoms with van der Waals surface area (Å²) in [4.78, 5) is 20.1. The summed E-state index contributed by atoms with van der Waals surface area (Å²) in [6, 6.07) is 10.7. The van der Waals surface area contributed by atoms with Gasteiger partial charge in [0.1, 0.15) is 5.52 Å². The van der Waals surface area contributed by atoms with Crippen LogP contribution >= 0.6 is 23.0 Å². The standard InChI is InChI=1S/C16H11IN4O2/c17-23-14-4-3-12(13-2-1-7-19-15(13)14)10-20-21-16(22)11-5-8-18-9-6-11/h1-10H,(H,21,22)/b20-10+. The highest BCUT2D eigenvalue weighted by atomic mass is 127. The van der Waals surface area contributed by atoms with Crippen LogP contribution in [0.4, 0.5) is 0 Å². The SMILES string of the molecule is O=C(N/N=C/c1ccc(OI)c2ncccc12)c1ccncc1. The number of rotatable bonds is 4. The van der Waals surface area contributed by atoms with Gasteiger partial charge in [0.05, 0.1) is 6.21 Å². The van der Waals surface area contributed by atoms with Crippen LogP contribution in [0.1, 0.15) is 15.9 Å². The van der Waals surface area contributed by atoms with Gasteiger partial charge in [0, 0.05) is 35.1 Å². The number of nitrogens with zero attached hydrogens (tertiary/aromatic N) is 3. The Balaban J connectivity index is 1.83. The molecule has 23 heavy (non-hydrogen) atoms. The second kappa shape index (κ2) is 7.14. The molecular formula is C16H11IN4O2. The maximum absolute atomic E-state index is 11.9. The van der Waals surface area contributed by atoms with Gasteiger partial charge in [-0.05, 0) is 30.3 Å². The predicted molar refractivity (Wildman–Crippen MR) is 95.7 cm³/mol. The van der Waals surface area contributed by atoms with E-state index in [1.807, 2.05) is 47.3 Å². The zero-order valence-electron chi connectivity index (χ0n) is 11.8. The number of pyridine rings is 2. The number of carbonyl (C=O) groups is 1. The lowest BCUT2D eigenvalue weighted by Gasteiger charge is -2.05. The van der Waals surface area contributed by atoms with E-state index < -0.39 is 0 Å². The molecule has 0 saturated heterocycles. The van der Waals surface area contributed by atoms with Crippen molar-refractivity contribution in [2.75, 3.05) is 0 Å². The summed E-state index contributed by atoms with van der Waals surface area (Å²) >= 11 is 1.82. The van der Waals surface area contributed by atoms with Gasteiger partial charge in [-0.2, -0.15) is 5.10 Å². The fourth-order valence-electron chi connectivity index (χ4n) is 2.07. The van der Waals surface area contributed by atoms with Crippen LogP contribution in [0.5, 0.6) is 5.75 Å². The molecule has 0 radical (unpaired) electrons. The van der Waals surface area contributed by atoms with Gasteiger partial charge >= 0.3 is 0 Å². The quantitative estimate of drug-likeness (QED) is 0.402. The minimum absolute atomic E-state index is 0.293. The Hall–Kier alpha value is -2.55. The number of hydrogen-bond acceptors (Lipinski definition) is 5. The number of amides is 1. The number of fused-ring (bicyclic) bond motifs is 1. The Morgan fingerprint density at radius 3 is 2.78 bits per heavy atom. The summed E-state index contributed by atoms with van der Waals surface area (Å²) in [5, 5.41) is 4.90. The lowest BCUT2D eigenvalue weighted by atomic mass is 10.1. The van der Waals surface area contributed by atoms with Gasteiger partial charge in [-0.15, -0.1) is 0 Å².